The maximum absolute atomic E-state index is 12.3. The number of hydrogen-bond donors (Lipinski definition) is 4. The molecule has 4 N–H and O–H groups in total. The Kier molecular flexibility index (Phi) is 28.2. The van der Waals surface area contributed by atoms with Crippen molar-refractivity contribution in [2.75, 3.05) is 52.2 Å². The lowest BCUT2D eigenvalue weighted by Gasteiger charge is -2.42. The SMILES string of the molecule is C.C.C.C.C.CC(C)(C)[Si](C)(C)OCC1CN(Cc2ccccc2)CCC1=O.CC1(O)CCCCC1CNS(C)(=O)=O.CC1(O)CCN(Cc2ccccc2)CC1CO. The molecule has 12 heteroatoms. The number of hydrogen-bond acceptors (Lipinski definition) is 9. The van der Waals surface area contributed by atoms with Gasteiger partial charge in [0.15, 0.2) is 8.32 Å². The molecule has 2 saturated heterocycles. The van der Waals surface area contributed by atoms with Crippen molar-refractivity contribution in [1.29, 1.82) is 0 Å². The zero-order valence-corrected chi connectivity index (χ0v) is 36.2. The lowest BCUT2D eigenvalue weighted by molar-refractivity contribution is -0.127. The van der Waals surface area contributed by atoms with E-state index in [1.54, 1.807) is 6.92 Å². The molecule has 5 unspecified atom stereocenters. The van der Waals surface area contributed by atoms with Crippen LogP contribution < -0.4 is 4.72 Å². The number of nitrogens with one attached hydrogen (secondary N) is 1. The maximum Gasteiger partial charge on any atom is 0.208 e. The summed E-state index contributed by atoms with van der Waals surface area (Å²) >= 11 is 0. The molecule has 10 nitrogen and oxygen atoms in total. The summed E-state index contributed by atoms with van der Waals surface area (Å²) in [5.41, 5.74) is 1.16. The van der Waals surface area contributed by atoms with Crippen molar-refractivity contribution in [2.45, 2.75) is 153 Å². The number of piperidine rings is 2. The number of carbonyl (C=O) groups is 1. The van der Waals surface area contributed by atoms with Crippen LogP contribution in [0.4, 0.5) is 0 Å². The average molecular weight is 870 g/mol. The number of nitrogens with zero attached hydrogens (tertiary/aromatic N) is 2. The van der Waals surface area contributed by atoms with E-state index in [0.717, 1.165) is 77.6 Å². The van der Waals surface area contributed by atoms with Crippen LogP contribution in [-0.4, -0.2) is 111 Å². The minimum atomic E-state index is -3.13. The normalized spacial score (nSPS) is 25.0. The van der Waals surface area contributed by atoms with E-state index in [-0.39, 0.29) is 66.5 Å². The second-order valence-electron chi connectivity index (χ2n) is 17.8. The Morgan fingerprint density at radius 3 is 1.75 bits per heavy atom. The van der Waals surface area contributed by atoms with Gasteiger partial charge in [-0.15, -0.1) is 0 Å². The molecule has 0 bridgehead atoms. The van der Waals surface area contributed by atoms with Gasteiger partial charge in [0.2, 0.25) is 10.0 Å². The fraction of sp³-hybridized carbons (Fsp3) is 0.723. The summed E-state index contributed by atoms with van der Waals surface area (Å²) in [6.07, 6.45) is 6.29. The van der Waals surface area contributed by atoms with Gasteiger partial charge in [0.25, 0.3) is 0 Å². The fourth-order valence-corrected chi connectivity index (χ4v) is 8.58. The van der Waals surface area contributed by atoms with Gasteiger partial charge in [-0.2, -0.15) is 0 Å². The minimum Gasteiger partial charge on any atom is -0.416 e. The molecular weight excluding hydrogens is 779 g/mol. The van der Waals surface area contributed by atoms with Crippen molar-refractivity contribution in [3.05, 3.63) is 71.8 Å². The number of aliphatic hydroxyl groups excluding tert-OH is 1. The molecule has 5 atom stereocenters. The van der Waals surface area contributed by atoms with Crippen LogP contribution in [-0.2, 0) is 32.3 Å². The van der Waals surface area contributed by atoms with Crippen LogP contribution in [0.5, 0.6) is 0 Å². The van der Waals surface area contributed by atoms with E-state index in [9.17, 15) is 28.5 Å². The van der Waals surface area contributed by atoms with E-state index in [0.29, 0.717) is 25.4 Å². The zero-order valence-electron chi connectivity index (χ0n) is 34.4. The summed E-state index contributed by atoms with van der Waals surface area (Å²) in [5.74, 6) is 0.403. The first-order chi connectivity index (χ1) is 25.1. The van der Waals surface area contributed by atoms with Crippen LogP contribution in [0.25, 0.3) is 0 Å². The highest BCUT2D eigenvalue weighted by Crippen LogP contribution is 2.37. The number of ketones is 1. The number of likely N-dealkylation sites (tertiary alicyclic amines) is 2. The van der Waals surface area contributed by atoms with Gasteiger partial charge in [-0.1, -0.05) is 131 Å². The molecule has 2 aromatic carbocycles. The van der Waals surface area contributed by atoms with E-state index in [2.05, 4.69) is 84.8 Å². The first kappa shape index (κ1) is 61.3. The molecule has 0 spiro atoms. The van der Waals surface area contributed by atoms with Gasteiger partial charge in [0.05, 0.1) is 23.4 Å². The molecule has 3 aliphatic rings. The molecular formula is C47H91N3O7SSi. The molecule has 59 heavy (non-hydrogen) atoms. The van der Waals surface area contributed by atoms with E-state index in [4.69, 9.17) is 4.43 Å². The van der Waals surface area contributed by atoms with E-state index in [1.807, 2.05) is 31.2 Å². The summed E-state index contributed by atoms with van der Waals surface area (Å²) in [7, 11) is -4.92. The second-order valence-corrected chi connectivity index (χ2v) is 24.5. The van der Waals surface area contributed by atoms with Crippen LogP contribution in [0.1, 0.15) is 121 Å². The smallest absolute Gasteiger partial charge is 0.208 e. The van der Waals surface area contributed by atoms with Crippen LogP contribution >= 0.6 is 0 Å². The topological polar surface area (TPSA) is 140 Å². The van der Waals surface area contributed by atoms with Crippen molar-refractivity contribution < 1.29 is 33.0 Å². The summed E-state index contributed by atoms with van der Waals surface area (Å²) in [6, 6.07) is 20.8. The number of carbonyl (C=O) groups excluding carboxylic acids is 1. The Bertz CT molecular complexity index is 1520. The maximum atomic E-state index is 12.3. The number of sulfonamides is 1. The van der Waals surface area contributed by atoms with Crippen LogP contribution in [0, 0.1) is 17.8 Å². The summed E-state index contributed by atoms with van der Waals surface area (Å²) in [5, 5.41) is 29.6. The Balaban J connectivity index is -0.000000788. The number of aliphatic hydroxyl groups is 3. The number of rotatable bonds is 11. The van der Waals surface area contributed by atoms with Gasteiger partial charge in [0.1, 0.15) is 5.78 Å². The highest BCUT2D eigenvalue weighted by molar-refractivity contribution is 7.88. The molecule has 346 valence electrons. The first-order valence-corrected chi connectivity index (χ1v) is 24.6. The summed E-state index contributed by atoms with van der Waals surface area (Å²) in [6.45, 7) is 21.0. The molecule has 2 aliphatic heterocycles. The molecule has 5 rings (SSSR count). The Hall–Kier alpha value is -2.00. The standard InChI is InChI=1S/C19H31NO2Si.C14H21NO2.C9H19NO3S.5CH4/c1-19(2,3)23(4,5)22-15-17-14-20(12-11-18(17)21)13-16-9-7-6-8-10-16;1-14(17)7-8-15(10-13(14)11-16)9-12-5-3-2-4-6-12;1-9(11)6-4-3-5-8(9)7-10-14(2,12)13;;;;;/h6-10,17H,11-15H2,1-5H3;2-6,13,16-17H,7-11H2,1H3;8,10-11H,3-7H2,1-2H3;5*1H4. The quantitative estimate of drug-likeness (QED) is 0.163. The van der Waals surface area contributed by atoms with Gasteiger partial charge in [-0.25, -0.2) is 13.1 Å². The number of benzene rings is 2. The predicted molar refractivity (Wildman–Crippen MR) is 255 cm³/mol. The largest absolute Gasteiger partial charge is 0.416 e. The van der Waals surface area contributed by atoms with Gasteiger partial charge >= 0.3 is 0 Å². The molecule has 3 fully saturated rings. The molecule has 2 heterocycles. The van der Waals surface area contributed by atoms with E-state index in [1.165, 1.54) is 11.1 Å². The van der Waals surface area contributed by atoms with Crippen molar-refractivity contribution in [3.8, 4) is 0 Å². The zero-order chi connectivity index (χ0) is 40.2. The van der Waals surface area contributed by atoms with Gasteiger partial charge < -0.3 is 19.7 Å². The lowest BCUT2D eigenvalue weighted by atomic mass is 9.77. The van der Waals surface area contributed by atoms with Crippen molar-refractivity contribution >= 4 is 24.1 Å². The highest BCUT2D eigenvalue weighted by atomic mass is 32.2. The van der Waals surface area contributed by atoms with E-state index < -0.39 is 29.5 Å². The minimum absolute atomic E-state index is 0. The van der Waals surface area contributed by atoms with Gasteiger partial charge in [0, 0.05) is 77.3 Å². The third-order valence-electron chi connectivity index (χ3n) is 12.0. The van der Waals surface area contributed by atoms with Crippen LogP contribution in [0.2, 0.25) is 18.1 Å². The Labute approximate surface area is 364 Å². The second kappa shape index (κ2) is 27.1. The van der Waals surface area contributed by atoms with Crippen molar-refractivity contribution in [3.63, 3.8) is 0 Å². The fourth-order valence-electron chi connectivity index (χ4n) is 7.02. The molecule has 2 aromatic rings. The van der Waals surface area contributed by atoms with E-state index >= 15 is 0 Å². The predicted octanol–water partition coefficient (Wildman–Crippen LogP) is 9.01. The van der Waals surface area contributed by atoms with Crippen LogP contribution in [0.15, 0.2) is 60.7 Å². The third-order valence-corrected chi connectivity index (χ3v) is 17.2. The van der Waals surface area contributed by atoms with Crippen molar-refractivity contribution in [1.82, 2.24) is 14.5 Å². The molecule has 1 aliphatic carbocycles. The third kappa shape index (κ3) is 21.1. The average Bonchev–Trinajstić information content (AvgIpc) is 3.09. The van der Waals surface area contributed by atoms with Gasteiger partial charge in [-0.3, -0.25) is 14.6 Å². The highest BCUT2D eigenvalue weighted by Gasteiger charge is 2.39. The monoisotopic (exact) mass is 870 g/mol. The van der Waals surface area contributed by atoms with Gasteiger partial charge in [-0.05, 0) is 62.4 Å². The number of Topliss-reactive ketones (excluding diaryl/α,β-unsaturated/α-hetero) is 1. The molecule has 1 saturated carbocycles. The molecule has 0 amide bonds. The Morgan fingerprint density at radius 2 is 1.29 bits per heavy atom. The lowest BCUT2D eigenvalue weighted by Crippen LogP contribution is -2.51. The molecule has 0 radical (unpaired) electrons. The summed E-state index contributed by atoms with van der Waals surface area (Å²) in [4.78, 5) is 17.0. The van der Waals surface area contributed by atoms with Crippen molar-refractivity contribution in [2.24, 2.45) is 17.8 Å². The van der Waals surface area contributed by atoms with Crippen LogP contribution in [0.3, 0.4) is 0 Å². The molecule has 0 aromatic heterocycles. The first-order valence-electron chi connectivity index (χ1n) is 19.8. The summed E-state index contributed by atoms with van der Waals surface area (Å²) < 4.78 is 30.5. The Morgan fingerprint density at radius 1 is 0.797 bits per heavy atom.